The zero-order valence-corrected chi connectivity index (χ0v) is 15.4. The van der Waals surface area contributed by atoms with Gasteiger partial charge in [-0.1, -0.05) is 60.8 Å². The highest BCUT2D eigenvalue weighted by Crippen LogP contribution is 2.29. The highest BCUT2D eigenvalue weighted by molar-refractivity contribution is 6.42. The molecule has 0 saturated carbocycles. The number of amides is 1. The molecule has 0 spiro atoms. The number of carbonyl (C=O) groups is 1. The van der Waals surface area contributed by atoms with Gasteiger partial charge in [0.2, 0.25) is 0 Å². The van der Waals surface area contributed by atoms with E-state index in [4.69, 9.17) is 23.2 Å². The van der Waals surface area contributed by atoms with Crippen LogP contribution in [0.25, 0.3) is 5.57 Å². The van der Waals surface area contributed by atoms with Gasteiger partial charge in [0, 0.05) is 18.8 Å². The monoisotopic (exact) mass is 361 g/mol. The molecule has 0 unspecified atom stereocenters. The Hall–Kier alpha value is -1.77. The molecule has 0 aliphatic rings. The molecule has 2 aromatic rings. The summed E-state index contributed by atoms with van der Waals surface area (Å²) < 4.78 is 0. The largest absolute Gasteiger partial charge is 0.318 e. The van der Waals surface area contributed by atoms with E-state index in [2.05, 4.69) is 6.92 Å². The van der Waals surface area contributed by atoms with E-state index in [0.717, 1.165) is 30.4 Å². The lowest BCUT2D eigenvalue weighted by molar-refractivity contribution is 0.0850. The van der Waals surface area contributed by atoms with Crippen molar-refractivity contribution < 1.29 is 4.79 Å². The van der Waals surface area contributed by atoms with Crippen molar-refractivity contribution in [2.75, 3.05) is 7.05 Å². The summed E-state index contributed by atoms with van der Waals surface area (Å²) >= 11 is 12.2. The van der Waals surface area contributed by atoms with Crippen LogP contribution in [-0.2, 0) is 0 Å². The maximum atomic E-state index is 12.5. The van der Waals surface area contributed by atoms with Crippen LogP contribution in [-0.4, -0.2) is 17.9 Å². The van der Waals surface area contributed by atoms with E-state index in [0.29, 0.717) is 15.6 Å². The quantitative estimate of drug-likeness (QED) is 0.591. The molecule has 0 atom stereocenters. The third-order valence-corrected chi connectivity index (χ3v) is 4.52. The Morgan fingerprint density at radius 3 is 2.38 bits per heavy atom. The number of allylic oxidation sites excluding steroid dienone is 1. The lowest BCUT2D eigenvalue weighted by Crippen LogP contribution is -2.21. The molecule has 0 N–H and O–H groups in total. The minimum atomic E-state index is -0.0374. The Labute approximate surface area is 153 Å². The van der Waals surface area contributed by atoms with Crippen molar-refractivity contribution in [3.63, 3.8) is 0 Å². The lowest BCUT2D eigenvalue weighted by atomic mass is 10.0. The van der Waals surface area contributed by atoms with Gasteiger partial charge in [-0.2, -0.15) is 0 Å². The van der Waals surface area contributed by atoms with Gasteiger partial charge in [-0.05, 0) is 48.2 Å². The predicted octanol–water partition coefficient (Wildman–Crippen LogP) is 6.30. The van der Waals surface area contributed by atoms with E-state index < -0.39 is 0 Å². The summed E-state index contributed by atoms with van der Waals surface area (Å²) in [5, 5.41) is 1.05. The van der Waals surface area contributed by atoms with Crippen molar-refractivity contribution in [2.24, 2.45) is 0 Å². The van der Waals surface area contributed by atoms with Crippen LogP contribution in [0.5, 0.6) is 0 Å². The second-order valence-corrected chi connectivity index (χ2v) is 6.48. The smallest absolute Gasteiger partial charge is 0.257 e. The SMILES string of the molecule is CCCCC(=CN(C)C(=O)c1ccccc1)c1ccc(Cl)c(Cl)c1. The van der Waals surface area contributed by atoms with Crippen LogP contribution in [0.15, 0.2) is 54.7 Å². The fraction of sp³-hybridized carbons (Fsp3) is 0.250. The molecule has 0 heterocycles. The molecule has 0 saturated heterocycles. The van der Waals surface area contributed by atoms with Gasteiger partial charge in [0.05, 0.1) is 10.0 Å². The Kier molecular flexibility index (Phi) is 6.89. The summed E-state index contributed by atoms with van der Waals surface area (Å²) in [6, 6.07) is 14.8. The fourth-order valence-electron chi connectivity index (χ4n) is 2.42. The lowest BCUT2D eigenvalue weighted by Gasteiger charge is -2.16. The second kappa shape index (κ2) is 8.91. The van der Waals surface area contributed by atoms with Crippen molar-refractivity contribution in [3.8, 4) is 0 Å². The van der Waals surface area contributed by atoms with Gasteiger partial charge >= 0.3 is 0 Å². The Morgan fingerprint density at radius 2 is 1.75 bits per heavy atom. The molecular weight excluding hydrogens is 341 g/mol. The normalized spacial score (nSPS) is 11.4. The molecule has 126 valence electrons. The van der Waals surface area contributed by atoms with E-state index >= 15 is 0 Å². The first-order valence-electron chi connectivity index (χ1n) is 8.01. The van der Waals surface area contributed by atoms with Gasteiger partial charge in [-0.15, -0.1) is 0 Å². The zero-order chi connectivity index (χ0) is 17.5. The number of hydrogen-bond acceptors (Lipinski definition) is 1. The molecule has 0 bridgehead atoms. The van der Waals surface area contributed by atoms with Gasteiger partial charge in [0.1, 0.15) is 0 Å². The number of benzene rings is 2. The van der Waals surface area contributed by atoms with Crippen LogP contribution in [0.3, 0.4) is 0 Å². The van der Waals surface area contributed by atoms with Crippen LogP contribution in [0.2, 0.25) is 10.0 Å². The maximum absolute atomic E-state index is 12.5. The molecule has 2 nitrogen and oxygen atoms in total. The fourth-order valence-corrected chi connectivity index (χ4v) is 2.72. The number of unbranched alkanes of at least 4 members (excludes halogenated alkanes) is 1. The number of halogens is 2. The van der Waals surface area contributed by atoms with Gasteiger partial charge in [0.25, 0.3) is 5.91 Å². The van der Waals surface area contributed by atoms with E-state index in [1.165, 1.54) is 0 Å². The summed E-state index contributed by atoms with van der Waals surface area (Å²) in [4.78, 5) is 14.2. The van der Waals surface area contributed by atoms with Crippen molar-refractivity contribution in [3.05, 3.63) is 75.9 Å². The van der Waals surface area contributed by atoms with Crippen LogP contribution in [0, 0.1) is 0 Å². The number of rotatable bonds is 6. The van der Waals surface area contributed by atoms with Gasteiger partial charge in [0.15, 0.2) is 0 Å². The number of hydrogen-bond donors (Lipinski definition) is 0. The number of nitrogens with zero attached hydrogens (tertiary/aromatic N) is 1. The van der Waals surface area contributed by atoms with Crippen LogP contribution >= 0.6 is 23.2 Å². The van der Waals surface area contributed by atoms with Crippen molar-refractivity contribution in [1.29, 1.82) is 0 Å². The molecule has 24 heavy (non-hydrogen) atoms. The molecule has 1 amide bonds. The molecule has 0 aromatic heterocycles. The van der Waals surface area contributed by atoms with Gasteiger partial charge < -0.3 is 4.90 Å². The van der Waals surface area contributed by atoms with Crippen LogP contribution in [0.4, 0.5) is 0 Å². The third kappa shape index (κ3) is 4.86. The van der Waals surface area contributed by atoms with Crippen LogP contribution in [0.1, 0.15) is 42.1 Å². The molecule has 0 fully saturated rings. The minimum Gasteiger partial charge on any atom is -0.318 e. The topological polar surface area (TPSA) is 20.3 Å². The summed E-state index contributed by atoms with van der Waals surface area (Å²) in [7, 11) is 1.78. The molecule has 0 radical (unpaired) electrons. The maximum Gasteiger partial charge on any atom is 0.257 e. The highest BCUT2D eigenvalue weighted by Gasteiger charge is 2.12. The predicted molar refractivity (Wildman–Crippen MR) is 102 cm³/mol. The van der Waals surface area contributed by atoms with Crippen LogP contribution < -0.4 is 0 Å². The first-order chi connectivity index (χ1) is 11.5. The third-order valence-electron chi connectivity index (χ3n) is 3.78. The average Bonchev–Trinajstić information content (AvgIpc) is 2.61. The molecule has 0 aliphatic heterocycles. The van der Waals surface area contributed by atoms with Crippen molar-refractivity contribution in [2.45, 2.75) is 26.2 Å². The van der Waals surface area contributed by atoms with Gasteiger partial charge in [-0.25, -0.2) is 0 Å². The summed E-state index contributed by atoms with van der Waals surface area (Å²) in [6.45, 7) is 2.14. The van der Waals surface area contributed by atoms with E-state index in [9.17, 15) is 4.79 Å². The van der Waals surface area contributed by atoms with E-state index in [1.54, 1.807) is 18.0 Å². The van der Waals surface area contributed by atoms with Crippen molar-refractivity contribution in [1.82, 2.24) is 4.90 Å². The summed E-state index contributed by atoms with van der Waals surface area (Å²) in [5.74, 6) is -0.0374. The molecule has 0 aliphatic carbocycles. The minimum absolute atomic E-state index is 0.0374. The molecule has 4 heteroatoms. The highest BCUT2D eigenvalue weighted by atomic mass is 35.5. The molecule has 2 aromatic carbocycles. The van der Waals surface area contributed by atoms with Crippen molar-refractivity contribution >= 4 is 34.7 Å². The zero-order valence-electron chi connectivity index (χ0n) is 13.9. The Balaban J connectivity index is 2.30. The summed E-state index contributed by atoms with van der Waals surface area (Å²) in [5.41, 5.74) is 2.73. The van der Waals surface area contributed by atoms with Gasteiger partial charge in [-0.3, -0.25) is 4.79 Å². The molecular formula is C20H21Cl2NO. The summed E-state index contributed by atoms with van der Waals surface area (Å²) in [6.07, 6.45) is 4.89. The molecule has 2 rings (SSSR count). The Morgan fingerprint density at radius 1 is 1.04 bits per heavy atom. The second-order valence-electron chi connectivity index (χ2n) is 5.67. The van der Waals surface area contributed by atoms with E-state index in [-0.39, 0.29) is 5.91 Å². The standard InChI is InChI=1S/C20H21Cl2NO/c1-3-4-8-17(16-11-12-18(21)19(22)13-16)14-23(2)20(24)15-9-6-5-7-10-15/h5-7,9-14H,3-4,8H2,1-2H3. The first kappa shape index (κ1) is 18.6. The van der Waals surface area contributed by atoms with E-state index in [1.807, 2.05) is 48.7 Å². The number of carbonyl (C=O) groups excluding carboxylic acids is 1. The Bertz CT molecular complexity index is 726. The average molecular weight is 362 g/mol. The first-order valence-corrected chi connectivity index (χ1v) is 8.77.